The largest absolute Gasteiger partial charge is 0.508 e. The molecule has 8 rings (SSSR count). The molecule has 2 aliphatic carbocycles. The normalized spacial score (nSPS) is 31.3. The van der Waals surface area contributed by atoms with Gasteiger partial charge in [-0.25, -0.2) is 14.4 Å². The maximum atomic E-state index is 14.7. The SMILES string of the molecule is COC1CC(C)C2(O)OC1[C@@H](OC)C[C@@H](C)C/C(C)=C/[C@@H](CCOC(=O)NCc1c3oc4cc(O)ccc4c(-c4ccccc4C(=O)O)c-3ccc1=O)C(=O)CC(O)[C@@H](C)[C@@H](/C(C)=C/C1CC[C@@H](O)C(C)C1)OC(=O)C1CCCCN1C(=O)C2=O. The van der Waals surface area contributed by atoms with Crippen molar-refractivity contribution in [3.05, 3.63) is 99.2 Å². The number of amides is 2. The minimum Gasteiger partial charge on any atom is -0.508 e. The van der Waals surface area contributed by atoms with E-state index in [4.69, 9.17) is 28.1 Å². The maximum Gasteiger partial charge on any atom is 0.407 e. The Morgan fingerprint density at radius 2 is 1.60 bits per heavy atom. The topological polar surface area (TPSA) is 295 Å². The summed E-state index contributed by atoms with van der Waals surface area (Å²) in [6.07, 6.45) is 0.813. The molecule has 85 heavy (non-hydrogen) atoms. The van der Waals surface area contributed by atoms with E-state index in [1.54, 1.807) is 51.1 Å². The number of hydrogen-bond donors (Lipinski definition) is 6. The number of methoxy groups -OCH3 is 2. The predicted molar refractivity (Wildman–Crippen MR) is 312 cm³/mol. The number of aliphatic hydroxyl groups is 3. The first-order chi connectivity index (χ1) is 40.4. The number of aromatic carboxylic acids is 1. The van der Waals surface area contributed by atoms with E-state index in [0.717, 1.165) is 10.5 Å². The number of allylic oxidation sites excluding steroid dienone is 3. The van der Waals surface area contributed by atoms with Gasteiger partial charge >= 0.3 is 18.0 Å². The number of nitrogens with one attached hydrogen (secondary N) is 1. The lowest BCUT2D eigenvalue weighted by Gasteiger charge is -2.47. The molecular formula is C65H82N2O18. The van der Waals surface area contributed by atoms with Crippen molar-refractivity contribution in [3.63, 3.8) is 0 Å². The van der Waals surface area contributed by atoms with Gasteiger partial charge in [-0.3, -0.25) is 19.2 Å². The van der Waals surface area contributed by atoms with Crippen LogP contribution in [-0.2, 0) is 49.4 Å². The zero-order chi connectivity index (χ0) is 61.6. The monoisotopic (exact) mass is 1180 g/mol. The minimum absolute atomic E-state index is 0.00332. The lowest BCUT2D eigenvalue weighted by atomic mass is 9.78. The number of carboxylic acids is 1. The number of ketones is 2. The maximum absolute atomic E-state index is 14.7. The Labute approximate surface area is 494 Å². The van der Waals surface area contributed by atoms with Crippen LogP contribution in [0.5, 0.6) is 5.75 Å². The van der Waals surface area contributed by atoms with Gasteiger partial charge in [0, 0.05) is 67.5 Å². The van der Waals surface area contributed by atoms with Gasteiger partial charge in [0.25, 0.3) is 11.7 Å². The minimum atomic E-state index is -2.61. The zero-order valence-electron chi connectivity index (χ0n) is 49.7. The second-order valence-electron chi connectivity index (χ2n) is 24.2. The molecule has 1 saturated carbocycles. The van der Waals surface area contributed by atoms with Gasteiger partial charge < -0.3 is 63.9 Å². The highest BCUT2D eigenvalue weighted by atomic mass is 16.7. The molecule has 0 radical (unpaired) electrons. The smallest absolute Gasteiger partial charge is 0.407 e. The summed E-state index contributed by atoms with van der Waals surface area (Å²) in [5.41, 5.74) is 2.12. The zero-order valence-corrected chi connectivity index (χ0v) is 49.7. The Kier molecular flexibility index (Phi) is 20.9. The van der Waals surface area contributed by atoms with Gasteiger partial charge in [0.15, 0.2) is 5.43 Å². The predicted octanol–water partition coefficient (Wildman–Crippen LogP) is 8.28. The second kappa shape index (κ2) is 27.7. The molecule has 4 aliphatic heterocycles. The van der Waals surface area contributed by atoms with E-state index in [-0.39, 0.29) is 78.4 Å². The summed E-state index contributed by atoms with van der Waals surface area (Å²) in [6, 6.07) is 12.3. The van der Waals surface area contributed by atoms with Crippen molar-refractivity contribution in [2.45, 2.75) is 167 Å². The fraction of sp³-hybridized carbons (Fsp3) is 0.554. The molecule has 6 N–H and O–H groups in total. The van der Waals surface area contributed by atoms with Gasteiger partial charge in [0.1, 0.15) is 41.1 Å². The highest BCUT2D eigenvalue weighted by Crippen LogP contribution is 2.44. The Bertz CT molecular complexity index is 3200. The number of fused-ring (bicyclic) bond motifs is 5. The Hall–Kier alpha value is -6.81. The first kappa shape index (κ1) is 64.2. The van der Waals surface area contributed by atoms with Gasteiger partial charge in [0.2, 0.25) is 5.79 Å². The number of rotatable bonds is 11. The van der Waals surface area contributed by atoms with E-state index in [1.165, 1.54) is 44.6 Å². The fourth-order valence-electron chi connectivity index (χ4n) is 13.1. The van der Waals surface area contributed by atoms with E-state index < -0.39 is 120 Å². The number of esters is 1. The molecular weight excluding hydrogens is 1100 g/mol. The van der Waals surface area contributed by atoms with E-state index in [9.17, 15) is 59.1 Å². The number of hydrogen-bond acceptors (Lipinski definition) is 17. The molecule has 8 unspecified atom stereocenters. The van der Waals surface area contributed by atoms with Crippen LogP contribution in [0.1, 0.15) is 128 Å². The van der Waals surface area contributed by atoms with Gasteiger partial charge in [-0.05, 0) is 137 Å². The van der Waals surface area contributed by atoms with Crippen LogP contribution in [0.15, 0.2) is 87.1 Å². The number of Topliss-reactive ketones (excluding diaryl/α,β-unsaturated/α-hetero) is 2. The van der Waals surface area contributed by atoms with Crippen LogP contribution in [0.4, 0.5) is 4.79 Å². The van der Waals surface area contributed by atoms with Crippen molar-refractivity contribution >= 4 is 46.5 Å². The molecule has 460 valence electrons. The number of phenols is 1. The van der Waals surface area contributed by atoms with Crippen LogP contribution >= 0.6 is 0 Å². The van der Waals surface area contributed by atoms with Crippen molar-refractivity contribution < 1.29 is 82.4 Å². The van der Waals surface area contributed by atoms with Crippen molar-refractivity contribution in [3.8, 4) is 28.2 Å². The van der Waals surface area contributed by atoms with Crippen molar-refractivity contribution in [2.24, 2.45) is 35.5 Å². The number of piperidine rings is 1. The second-order valence-corrected chi connectivity index (χ2v) is 24.2. The van der Waals surface area contributed by atoms with E-state index in [1.807, 2.05) is 26.8 Å². The number of phenolic OH excluding ortho intramolecular Hbond substituents is 1. The highest BCUT2D eigenvalue weighted by molar-refractivity contribution is 6.39. The highest BCUT2D eigenvalue weighted by Gasteiger charge is 2.57. The molecule has 0 spiro atoms. The fourth-order valence-corrected chi connectivity index (χ4v) is 13.1. The first-order valence-corrected chi connectivity index (χ1v) is 29.6. The average molecular weight is 1180 g/mol. The summed E-state index contributed by atoms with van der Waals surface area (Å²) in [7, 11) is 2.95. The Balaban J connectivity index is 1.08. The number of cyclic esters (lactones) is 1. The number of carboxylic acid groups (broad SMARTS) is 1. The molecule has 6 aliphatic rings. The average Bonchev–Trinajstić information content (AvgIpc) is 3.37. The summed E-state index contributed by atoms with van der Waals surface area (Å²) < 4.78 is 36.4. The third kappa shape index (κ3) is 14.4. The number of alkyl carbamates (subject to hydrolysis) is 1. The number of aromatic hydroxyl groups is 1. The molecule has 2 bridgehead atoms. The van der Waals surface area contributed by atoms with E-state index in [2.05, 4.69) is 5.32 Å². The summed E-state index contributed by atoms with van der Waals surface area (Å²) in [4.78, 5) is 99.1. The first-order valence-electron chi connectivity index (χ1n) is 29.6. The van der Waals surface area contributed by atoms with Crippen LogP contribution < -0.4 is 10.7 Å². The van der Waals surface area contributed by atoms with Crippen molar-refractivity contribution in [2.75, 3.05) is 27.4 Å². The number of carbonyl (C=O) groups excluding carboxylic acids is 5. The van der Waals surface area contributed by atoms with Crippen LogP contribution in [0.3, 0.4) is 0 Å². The van der Waals surface area contributed by atoms with Crippen LogP contribution in [0.25, 0.3) is 33.4 Å². The third-order valence-electron chi connectivity index (χ3n) is 17.9. The quantitative estimate of drug-likeness (QED) is 0.0356. The third-order valence-corrected chi connectivity index (χ3v) is 17.9. The number of nitrogens with zero attached hydrogens (tertiary/aromatic N) is 1. The Morgan fingerprint density at radius 3 is 2.32 bits per heavy atom. The van der Waals surface area contributed by atoms with Crippen LogP contribution in [0, 0.1) is 35.5 Å². The molecule has 20 nitrogen and oxygen atoms in total. The summed E-state index contributed by atoms with van der Waals surface area (Å²) >= 11 is 0. The van der Waals surface area contributed by atoms with Crippen molar-refractivity contribution in [1.82, 2.24) is 10.2 Å². The van der Waals surface area contributed by atoms with Gasteiger partial charge in [-0.15, -0.1) is 0 Å². The number of ether oxygens (including phenoxy) is 5. The Morgan fingerprint density at radius 1 is 0.871 bits per heavy atom. The van der Waals surface area contributed by atoms with E-state index in [0.29, 0.717) is 72.6 Å². The van der Waals surface area contributed by atoms with Crippen molar-refractivity contribution in [1.29, 1.82) is 0 Å². The summed E-state index contributed by atoms with van der Waals surface area (Å²) in [6.45, 7) is 10.1. The number of carbonyl (C=O) groups is 6. The molecule has 2 saturated heterocycles. The summed E-state index contributed by atoms with van der Waals surface area (Å²) in [5.74, 6) is -10.4. The summed E-state index contributed by atoms with van der Waals surface area (Å²) in [5, 5.41) is 58.6. The van der Waals surface area contributed by atoms with E-state index >= 15 is 0 Å². The van der Waals surface area contributed by atoms with Crippen LogP contribution in [-0.4, -0.2) is 142 Å². The van der Waals surface area contributed by atoms with Crippen LogP contribution in [0.2, 0.25) is 0 Å². The van der Waals surface area contributed by atoms with Gasteiger partial charge in [-0.1, -0.05) is 63.6 Å². The molecule has 2 amide bonds. The van der Waals surface area contributed by atoms with Gasteiger partial charge in [-0.2, -0.15) is 0 Å². The molecule has 4 heterocycles. The molecule has 0 aromatic heterocycles. The lowest BCUT2D eigenvalue weighted by molar-refractivity contribution is -0.302. The molecule has 2 aromatic carbocycles. The van der Waals surface area contributed by atoms with Gasteiger partial charge in [0.05, 0.1) is 48.7 Å². The molecule has 14 atom stereocenters. The number of aliphatic hydroxyl groups excluding tert-OH is 2. The molecule has 3 fully saturated rings. The lowest BCUT2D eigenvalue weighted by Crippen LogP contribution is -2.64. The number of benzene rings is 3. The standard InChI is InChI=1S/C65H82N2O18/c1-34-25-35(2)27-54(80-7)59-55(81-8)30-38(5)65(79,85-59)60(73)61(74)67-23-12-11-15-48(67)63(77)84-57(37(4)29-40-16-20-49(69)36(3)28-40)39(6)51(71)32-52(72)41(26-34)22-24-82-64(78)66-33-47-50(70)21-19-46-56(43-13-9-10-14-44(43)62(75)76)45-18-17-42(68)31-53(45)83-58(46)47/h9-10,13-14,17-19,21,26,29,31,35-36,38-41,48-49,51,54-55,57,59,68-69,71,79H,11-12,15-16,20,22-25,27-28,30,32-33H2,1-8H3,(H,66,78)(H,75,76)/b34-26+,37-29+/t35-,36?,38?,39+,40?,41+,48?,49+,51?,54-,55?,57+,59?,65?/m0/s1. The molecule has 2 aromatic rings. The molecule has 20 heteroatoms.